The number of hydrogen-bond donors (Lipinski definition) is 1. The third kappa shape index (κ3) is 2.72. The lowest BCUT2D eigenvalue weighted by Crippen LogP contribution is -2.40. The molecule has 0 bridgehead atoms. The molecule has 0 aromatic heterocycles. The van der Waals surface area contributed by atoms with E-state index >= 15 is 0 Å². The van der Waals surface area contributed by atoms with Crippen molar-refractivity contribution in [2.75, 3.05) is 36.8 Å². The first-order valence-electron chi connectivity index (χ1n) is 7.38. The molecule has 2 aliphatic heterocycles. The Morgan fingerprint density at radius 3 is 2.65 bits per heavy atom. The maximum Gasteiger partial charge on any atom is 0.144 e. The van der Waals surface area contributed by atoms with Gasteiger partial charge in [-0.25, -0.2) is 4.39 Å². The van der Waals surface area contributed by atoms with Gasteiger partial charge in [-0.05, 0) is 38.4 Å². The zero-order valence-corrected chi connectivity index (χ0v) is 12.4. The van der Waals surface area contributed by atoms with Crippen LogP contribution in [0.4, 0.5) is 15.8 Å². The van der Waals surface area contributed by atoms with E-state index in [9.17, 15) is 4.39 Å². The normalized spacial score (nSPS) is 24.3. The van der Waals surface area contributed by atoms with E-state index in [0.717, 1.165) is 25.2 Å². The van der Waals surface area contributed by atoms with Crippen molar-refractivity contribution >= 4 is 23.0 Å². The van der Waals surface area contributed by atoms with E-state index in [1.165, 1.54) is 44.5 Å². The second-order valence-corrected chi connectivity index (χ2v) is 6.22. The number of rotatable bonds is 2. The maximum atomic E-state index is 13.6. The number of benzene rings is 1. The smallest absolute Gasteiger partial charge is 0.144 e. The average molecular weight is 298 g/mol. The van der Waals surface area contributed by atoms with Crippen molar-refractivity contribution in [3.8, 4) is 0 Å². The predicted octanol–water partition coefficient (Wildman–Crippen LogP) is 3.13. The second-order valence-electron chi connectivity index (χ2n) is 5.81. The van der Waals surface area contributed by atoms with Gasteiger partial charge in [0.15, 0.2) is 0 Å². The van der Waals surface area contributed by atoms with Crippen LogP contribution in [-0.4, -0.2) is 37.1 Å². The van der Waals surface area contributed by atoms with Crippen LogP contribution in [0.3, 0.4) is 0 Å². The minimum absolute atomic E-state index is 0.0954. The number of piperidine rings is 1. The molecule has 2 heterocycles. The highest BCUT2D eigenvalue weighted by Crippen LogP contribution is 2.32. The summed E-state index contributed by atoms with van der Waals surface area (Å²) in [5.41, 5.74) is 7.34. The molecule has 2 fully saturated rings. The molecule has 0 aliphatic carbocycles. The van der Waals surface area contributed by atoms with E-state index in [2.05, 4.69) is 9.80 Å². The third-order valence-electron chi connectivity index (χ3n) is 4.48. The Morgan fingerprint density at radius 2 is 1.90 bits per heavy atom. The molecule has 110 valence electrons. The Hall–Kier alpha value is -1.00. The lowest BCUT2D eigenvalue weighted by Gasteiger charge is -2.32. The maximum absolute atomic E-state index is 13.6. The highest BCUT2D eigenvalue weighted by molar-refractivity contribution is 6.31. The van der Waals surface area contributed by atoms with Gasteiger partial charge in [0.05, 0.1) is 16.4 Å². The summed E-state index contributed by atoms with van der Waals surface area (Å²) in [6.07, 6.45) is 5.08. The minimum atomic E-state index is -0.391. The van der Waals surface area contributed by atoms with Crippen LogP contribution in [0, 0.1) is 5.82 Å². The number of nitrogens with two attached hydrogens (primary N) is 1. The average Bonchev–Trinajstić information content (AvgIpc) is 2.93. The lowest BCUT2D eigenvalue weighted by molar-refractivity contribution is 0.175. The molecule has 1 aromatic rings. The van der Waals surface area contributed by atoms with Gasteiger partial charge in [-0.1, -0.05) is 18.0 Å². The van der Waals surface area contributed by atoms with Gasteiger partial charge < -0.3 is 10.6 Å². The Labute approximate surface area is 124 Å². The van der Waals surface area contributed by atoms with Gasteiger partial charge in [0, 0.05) is 25.2 Å². The molecular weight excluding hydrogens is 277 g/mol. The SMILES string of the molecule is Nc1cc(Cl)c(F)cc1N1CCC(N2CCCCC2)C1. The molecule has 1 unspecified atom stereocenters. The highest BCUT2D eigenvalue weighted by atomic mass is 35.5. The molecule has 20 heavy (non-hydrogen) atoms. The van der Waals surface area contributed by atoms with Crippen LogP contribution < -0.4 is 10.6 Å². The first-order valence-corrected chi connectivity index (χ1v) is 7.76. The molecule has 5 heteroatoms. The number of nitrogens with zero attached hydrogens (tertiary/aromatic N) is 2. The predicted molar refractivity (Wildman–Crippen MR) is 81.9 cm³/mol. The Kier molecular flexibility index (Phi) is 4.03. The molecule has 3 rings (SSSR count). The molecule has 1 aromatic carbocycles. The standard InChI is InChI=1S/C15H21ClFN3/c16-12-8-14(18)15(9-13(12)17)20-7-4-11(10-20)19-5-2-1-3-6-19/h8-9,11H,1-7,10,18H2. The van der Waals surface area contributed by atoms with E-state index in [0.29, 0.717) is 11.7 Å². The topological polar surface area (TPSA) is 32.5 Å². The Balaban J connectivity index is 1.72. The first-order chi connectivity index (χ1) is 9.65. The summed E-state index contributed by atoms with van der Waals surface area (Å²) in [6.45, 7) is 4.27. The van der Waals surface area contributed by atoms with Crippen LogP contribution in [0.1, 0.15) is 25.7 Å². The van der Waals surface area contributed by atoms with Crippen LogP contribution in [0.2, 0.25) is 5.02 Å². The minimum Gasteiger partial charge on any atom is -0.397 e. The molecule has 3 nitrogen and oxygen atoms in total. The molecule has 2 N–H and O–H groups in total. The van der Waals surface area contributed by atoms with E-state index < -0.39 is 5.82 Å². The summed E-state index contributed by atoms with van der Waals surface area (Å²) in [4.78, 5) is 4.76. The molecular formula is C15H21ClFN3. The summed E-state index contributed by atoms with van der Waals surface area (Å²) in [5, 5.41) is 0.0954. The lowest BCUT2D eigenvalue weighted by atomic mass is 10.1. The van der Waals surface area contributed by atoms with Crippen molar-refractivity contribution in [2.45, 2.75) is 31.7 Å². The molecule has 0 spiro atoms. The molecule has 0 radical (unpaired) electrons. The molecule has 0 saturated carbocycles. The van der Waals surface area contributed by atoms with Gasteiger partial charge in [-0.2, -0.15) is 0 Å². The first kappa shape index (κ1) is 14.0. The van der Waals surface area contributed by atoms with Crippen molar-refractivity contribution in [3.05, 3.63) is 23.0 Å². The van der Waals surface area contributed by atoms with Crippen LogP contribution in [0.15, 0.2) is 12.1 Å². The van der Waals surface area contributed by atoms with Crippen molar-refractivity contribution in [3.63, 3.8) is 0 Å². The van der Waals surface area contributed by atoms with E-state index in [-0.39, 0.29) is 5.02 Å². The zero-order chi connectivity index (χ0) is 14.1. The van der Waals surface area contributed by atoms with Crippen LogP contribution in [0.25, 0.3) is 0 Å². The van der Waals surface area contributed by atoms with Crippen molar-refractivity contribution in [1.82, 2.24) is 4.90 Å². The molecule has 1 atom stereocenters. The largest absolute Gasteiger partial charge is 0.397 e. The molecule has 0 amide bonds. The van der Waals surface area contributed by atoms with Gasteiger partial charge in [-0.15, -0.1) is 0 Å². The molecule has 2 aliphatic rings. The fourth-order valence-electron chi connectivity index (χ4n) is 3.37. The van der Waals surface area contributed by atoms with Crippen molar-refractivity contribution in [2.24, 2.45) is 0 Å². The summed E-state index contributed by atoms with van der Waals surface area (Å²) in [7, 11) is 0. The summed E-state index contributed by atoms with van der Waals surface area (Å²) >= 11 is 5.76. The third-order valence-corrected chi connectivity index (χ3v) is 4.77. The number of likely N-dealkylation sites (tertiary alicyclic amines) is 1. The van der Waals surface area contributed by atoms with Gasteiger partial charge in [0.1, 0.15) is 5.82 Å². The van der Waals surface area contributed by atoms with Gasteiger partial charge >= 0.3 is 0 Å². The van der Waals surface area contributed by atoms with E-state index in [1.54, 1.807) is 0 Å². The Morgan fingerprint density at radius 1 is 1.15 bits per heavy atom. The monoisotopic (exact) mass is 297 g/mol. The van der Waals surface area contributed by atoms with Gasteiger partial charge in [-0.3, -0.25) is 4.90 Å². The quantitative estimate of drug-likeness (QED) is 0.851. The molecule has 2 saturated heterocycles. The summed E-state index contributed by atoms with van der Waals surface area (Å²) in [5.74, 6) is -0.391. The van der Waals surface area contributed by atoms with E-state index in [4.69, 9.17) is 17.3 Å². The summed E-state index contributed by atoms with van der Waals surface area (Å²) < 4.78 is 13.6. The van der Waals surface area contributed by atoms with Crippen LogP contribution in [-0.2, 0) is 0 Å². The second kappa shape index (κ2) is 5.78. The number of nitrogen functional groups attached to an aromatic ring is 1. The zero-order valence-electron chi connectivity index (χ0n) is 11.6. The van der Waals surface area contributed by atoms with Crippen LogP contribution in [0.5, 0.6) is 0 Å². The van der Waals surface area contributed by atoms with Crippen molar-refractivity contribution < 1.29 is 4.39 Å². The van der Waals surface area contributed by atoms with Crippen molar-refractivity contribution in [1.29, 1.82) is 0 Å². The van der Waals surface area contributed by atoms with Gasteiger partial charge in [0.25, 0.3) is 0 Å². The fourth-order valence-corrected chi connectivity index (χ4v) is 3.54. The Bertz CT molecular complexity index is 488. The van der Waals surface area contributed by atoms with Crippen LogP contribution >= 0.6 is 11.6 Å². The number of hydrogen-bond acceptors (Lipinski definition) is 3. The highest BCUT2D eigenvalue weighted by Gasteiger charge is 2.29. The van der Waals surface area contributed by atoms with E-state index in [1.807, 2.05) is 0 Å². The number of anilines is 2. The van der Waals surface area contributed by atoms with Gasteiger partial charge in [0.2, 0.25) is 0 Å². The fraction of sp³-hybridized carbons (Fsp3) is 0.600. The summed E-state index contributed by atoms with van der Waals surface area (Å²) in [6, 6.07) is 3.56. The number of halogens is 2.